The number of rotatable bonds is 0. The van der Waals surface area contributed by atoms with E-state index < -0.39 is 0 Å². The van der Waals surface area contributed by atoms with E-state index in [2.05, 4.69) is 0 Å². The van der Waals surface area contributed by atoms with Crippen molar-refractivity contribution in [2.75, 3.05) is 0 Å². The second kappa shape index (κ2) is 10.1. The van der Waals surface area contributed by atoms with E-state index in [1.165, 1.54) is 5.15 Å². The van der Waals surface area contributed by atoms with E-state index in [1.807, 2.05) is 0 Å². The van der Waals surface area contributed by atoms with Crippen molar-refractivity contribution >= 4 is 17.6 Å². The van der Waals surface area contributed by atoms with Crippen LogP contribution < -0.4 is 0 Å². The fourth-order valence-electron chi connectivity index (χ4n) is 0. The first kappa shape index (κ1) is 8.84. The molecule has 0 aliphatic heterocycles. The van der Waals surface area contributed by atoms with Gasteiger partial charge >= 0.3 is 17.6 Å². The van der Waals surface area contributed by atoms with E-state index in [9.17, 15) is 0 Å². The standard InChI is InChI=1S/F2O.GeH4/c1-3-2;/h;1H4. The SMILES string of the molecule is FOF.[GeH4]. The van der Waals surface area contributed by atoms with Gasteiger partial charge < -0.3 is 0 Å². The topological polar surface area (TPSA) is 9.23 Å². The van der Waals surface area contributed by atoms with Crippen molar-refractivity contribution in [2.24, 2.45) is 0 Å². The predicted octanol–water partition coefficient (Wildman–Crippen LogP) is -0.680. The second-order valence-corrected chi connectivity index (χ2v) is 0.0583. The Hall–Kier alpha value is 0.363. The van der Waals surface area contributed by atoms with Gasteiger partial charge in [0.25, 0.3) is 0 Å². The molecule has 0 radical (unpaired) electrons. The molecule has 0 bridgehead atoms. The van der Waals surface area contributed by atoms with Crippen molar-refractivity contribution in [1.82, 2.24) is 0 Å². The van der Waals surface area contributed by atoms with E-state index in [0.29, 0.717) is 0 Å². The molecule has 0 saturated heterocycles. The quantitative estimate of drug-likeness (QED) is 0.395. The Morgan fingerprint density at radius 3 is 1.25 bits per heavy atom. The van der Waals surface area contributed by atoms with E-state index >= 15 is 0 Å². The molecule has 0 fully saturated rings. The minimum atomic E-state index is 0. The summed E-state index contributed by atoms with van der Waals surface area (Å²) in [5, 5.41) is 1.25. The summed E-state index contributed by atoms with van der Waals surface area (Å²) in [5.41, 5.74) is 0. The van der Waals surface area contributed by atoms with Gasteiger partial charge in [0.1, 0.15) is 0 Å². The van der Waals surface area contributed by atoms with Crippen molar-refractivity contribution in [3.05, 3.63) is 0 Å². The van der Waals surface area contributed by atoms with E-state index in [-0.39, 0.29) is 17.6 Å². The van der Waals surface area contributed by atoms with Gasteiger partial charge in [-0.15, -0.1) is 0 Å². The molecule has 0 N–H and O–H groups in total. The van der Waals surface area contributed by atoms with Crippen LogP contribution in [0, 0.1) is 0 Å². The zero-order chi connectivity index (χ0) is 2.71. The first-order valence-corrected chi connectivity index (χ1v) is 0.309. The first-order chi connectivity index (χ1) is 1.41. The molecule has 1 nitrogen and oxygen atoms in total. The molecule has 0 rings (SSSR count). The summed E-state index contributed by atoms with van der Waals surface area (Å²) in [5.74, 6) is 0. The molecule has 0 heterocycles. The number of hydrogen-bond acceptors (Lipinski definition) is 1. The van der Waals surface area contributed by atoms with Crippen LogP contribution >= 0.6 is 0 Å². The number of hydrogen-bond donors (Lipinski definition) is 0. The van der Waals surface area contributed by atoms with Gasteiger partial charge in [-0.05, 0) is 9.05 Å². The molecule has 0 aromatic carbocycles. The zero-order valence-electron chi connectivity index (χ0n) is 1.16. The molecule has 0 amide bonds. The number of halogens is 2. The molecule has 4 heavy (non-hydrogen) atoms. The minimum absolute atomic E-state index is 0. The Labute approximate surface area is 32.7 Å². The maximum atomic E-state index is 9.12. The van der Waals surface area contributed by atoms with Crippen LogP contribution in [0.15, 0.2) is 0 Å². The molecule has 0 unspecified atom stereocenters. The molecule has 4 heteroatoms. The fraction of sp³-hybridized carbons (Fsp3) is 0. The maximum absolute atomic E-state index is 9.12. The Balaban J connectivity index is 0. The van der Waals surface area contributed by atoms with Crippen LogP contribution in [0.1, 0.15) is 0 Å². The van der Waals surface area contributed by atoms with Crippen LogP contribution in [0.25, 0.3) is 0 Å². The molecular weight excluding hydrogens is 127 g/mol. The average Bonchev–Trinajstić information content (AvgIpc) is 0.918. The molecule has 28 valence electrons. The third-order valence-corrected chi connectivity index (χ3v) is 0. The summed E-state index contributed by atoms with van der Waals surface area (Å²) in [6.07, 6.45) is 0. The van der Waals surface area contributed by atoms with Gasteiger partial charge in [0.05, 0.1) is 0 Å². The summed E-state index contributed by atoms with van der Waals surface area (Å²) >= 11 is 0. The second-order valence-electron chi connectivity index (χ2n) is 0.0583. The van der Waals surface area contributed by atoms with Gasteiger partial charge in [0, 0.05) is 5.15 Å². The average molecular weight is 131 g/mol. The van der Waals surface area contributed by atoms with Crippen LogP contribution in [0.3, 0.4) is 0 Å². The van der Waals surface area contributed by atoms with Crippen LogP contribution in [-0.2, 0) is 5.15 Å². The van der Waals surface area contributed by atoms with Crippen LogP contribution in [0.2, 0.25) is 0 Å². The Morgan fingerprint density at radius 2 is 1.25 bits per heavy atom. The molecule has 0 aromatic heterocycles. The Bertz CT molecular complexity index is 6.00. The van der Waals surface area contributed by atoms with Crippen LogP contribution in [-0.4, -0.2) is 17.6 Å². The third kappa shape index (κ3) is 33.3. The summed E-state index contributed by atoms with van der Waals surface area (Å²) in [6, 6.07) is 0. The predicted molar refractivity (Wildman–Crippen MR) is 14.6 cm³/mol. The Morgan fingerprint density at radius 1 is 1.25 bits per heavy atom. The fourth-order valence-corrected chi connectivity index (χ4v) is 0. The van der Waals surface area contributed by atoms with Crippen molar-refractivity contribution in [3.63, 3.8) is 0 Å². The van der Waals surface area contributed by atoms with Gasteiger partial charge in [0.2, 0.25) is 0 Å². The Kier molecular flexibility index (Phi) is 22.3. The first-order valence-electron chi connectivity index (χ1n) is 0.309. The van der Waals surface area contributed by atoms with Crippen LogP contribution in [0.5, 0.6) is 0 Å². The molecule has 0 aliphatic rings. The molecule has 0 saturated carbocycles. The van der Waals surface area contributed by atoms with Crippen molar-refractivity contribution < 1.29 is 14.2 Å². The van der Waals surface area contributed by atoms with Gasteiger partial charge in [0.15, 0.2) is 0 Å². The van der Waals surface area contributed by atoms with Crippen LogP contribution in [0.4, 0.5) is 9.05 Å². The third-order valence-electron chi connectivity index (χ3n) is 0. The summed E-state index contributed by atoms with van der Waals surface area (Å²) < 4.78 is 18.2. The molecule has 0 aliphatic carbocycles. The van der Waals surface area contributed by atoms with Crippen molar-refractivity contribution in [2.45, 2.75) is 0 Å². The van der Waals surface area contributed by atoms with E-state index in [0.717, 1.165) is 0 Å². The van der Waals surface area contributed by atoms with Gasteiger partial charge in [-0.3, -0.25) is 0 Å². The van der Waals surface area contributed by atoms with Crippen molar-refractivity contribution in [3.8, 4) is 0 Å². The molecule has 0 atom stereocenters. The van der Waals surface area contributed by atoms with Crippen molar-refractivity contribution in [1.29, 1.82) is 0 Å². The van der Waals surface area contributed by atoms with Gasteiger partial charge in [-0.1, -0.05) is 0 Å². The molecule has 0 aromatic rings. The summed E-state index contributed by atoms with van der Waals surface area (Å²) in [7, 11) is 0. The zero-order valence-corrected chi connectivity index (χ0v) is 1.16. The summed E-state index contributed by atoms with van der Waals surface area (Å²) in [4.78, 5) is 0. The van der Waals surface area contributed by atoms with E-state index in [1.54, 1.807) is 0 Å². The van der Waals surface area contributed by atoms with Gasteiger partial charge in [-0.25, -0.2) is 0 Å². The molecular formula is H4F2GeO. The monoisotopic (exact) mass is 132 g/mol. The van der Waals surface area contributed by atoms with E-state index in [4.69, 9.17) is 9.05 Å². The van der Waals surface area contributed by atoms with Gasteiger partial charge in [-0.2, -0.15) is 0 Å². The molecule has 0 spiro atoms. The normalized spacial score (nSPS) is 4.50. The summed E-state index contributed by atoms with van der Waals surface area (Å²) in [6.45, 7) is 0.